The van der Waals surface area contributed by atoms with Gasteiger partial charge in [-0.25, -0.2) is 0 Å². The number of benzene rings is 1. The molecule has 0 saturated heterocycles. The molecule has 0 fully saturated rings. The predicted molar refractivity (Wildman–Crippen MR) is 89.7 cm³/mol. The number of aromatic hydroxyl groups is 1. The number of pyridine rings is 1. The lowest BCUT2D eigenvalue weighted by molar-refractivity contribution is -0.404. The van der Waals surface area contributed by atoms with E-state index >= 15 is 0 Å². The highest BCUT2D eigenvalue weighted by Gasteiger charge is 2.30. The lowest BCUT2D eigenvalue weighted by Gasteiger charge is -2.07. The van der Waals surface area contributed by atoms with Crippen molar-refractivity contribution in [1.29, 1.82) is 0 Å². The van der Waals surface area contributed by atoms with Gasteiger partial charge in [-0.15, -0.1) is 0 Å². The second kappa shape index (κ2) is 7.79. The van der Waals surface area contributed by atoms with Crippen molar-refractivity contribution in [2.75, 3.05) is 0 Å². The smallest absolute Gasteiger partial charge is 0.324 e. The lowest BCUT2D eigenvalue weighted by Crippen LogP contribution is -1.97. The van der Waals surface area contributed by atoms with Crippen molar-refractivity contribution >= 4 is 23.1 Å². The van der Waals surface area contributed by atoms with Gasteiger partial charge in [-0.3, -0.25) is 35.3 Å². The lowest BCUT2D eigenvalue weighted by atomic mass is 10.0. The Kier molecular flexibility index (Phi) is 5.53. The second-order valence-electron chi connectivity index (χ2n) is 5.12. The molecule has 0 saturated carbocycles. The van der Waals surface area contributed by atoms with E-state index in [1.165, 1.54) is 24.0 Å². The van der Waals surface area contributed by atoms with Crippen LogP contribution in [0, 0.1) is 30.3 Å². The average Bonchev–Trinajstić information content (AvgIpc) is 2.61. The number of non-ortho nitro benzene ring substituents is 1. The summed E-state index contributed by atoms with van der Waals surface area (Å²) in [6, 6.07) is 2.99. The highest BCUT2D eigenvalue weighted by molar-refractivity contribution is 5.64. The van der Waals surface area contributed by atoms with Crippen LogP contribution < -0.4 is 0 Å². The molecule has 11 heteroatoms. The fraction of sp³-hybridized carbons (Fsp3) is 0.133. The molecule has 11 nitrogen and oxygen atoms in total. The normalized spacial score (nSPS) is 11.7. The Morgan fingerprint density at radius 1 is 1.00 bits per heavy atom. The third-order valence-electron chi connectivity index (χ3n) is 3.48. The number of allylic oxidation sites excluding steroid dienone is 1. The maximum Gasteiger partial charge on any atom is 0.324 e. The summed E-state index contributed by atoms with van der Waals surface area (Å²) in [5.41, 5.74) is -0.288. The van der Waals surface area contributed by atoms with E-state index in [1.807, 2.05) is 12.4 Å². The van der Waals surface area contributed by atoms with Crippen molar-refractivity contribution < 1.29 is 19.9 Å². The van der Waals surface area contributed by atoms with Crippen LogP contribution in [0.15, 0.2) is 36.7 Å². The summed E-state index contributed by atoms with van der Waals surface area (Å²) < 4.78 is 0. The maximum absolute atomic E-state index is 10.4. The molecule has 1 aliphatic rings. The van der Waals surface area contributed by atoms with Crippen LogP contribution in [0.4, 0.5) is 17.1 Å². The van der Waals surface area contributed by atoms with Gasteiger partial charge in [0.25, 0.3) is 11.4 Å². The largest absolute Gasteiger partial charge is 0.497 e. The number of hydrogen-bond donors (Lipinski definition) is 1. The van der Waals surface area contributed by atoms with Gasteiger partial charge in [0.05, 0.1) is 26.9 Å². The highest BCUT2D eigenvalue weighted by atomic mass is 16.6. The molecule has 134 valence electrons. The molecule has 0 bridgehead atoms. The molecular weight excluding hydrogens is 348 g/mol. The number of nitro groups is 3. The van der Waals surface area contributed by atoms with Crippen LogP contribution >= 0.6 is 0 Å². The molecule has 1 heterocycles. The van der Waals surface area contributed by atoms with Crippen LogP contribution in [-0.4, -0.2) is 24.9 Å². The van der Waals surface area contributed by atoms with Gasteiger partial charge < -0.3 is 5.11 Å². The summed E-state index contributed by atoms with van der Waals surface area (Å²) in [6.07, 6.45) is 10.5. The molecule has 1 aromatic carbocycles. The van der Waals surface area contributed by atoms with Crippen LogP contribution in [0.5, 0.6) is 5.75 Å². The Balaban J connectivity index is 0.000000206. The molecule has 26 heavy (non-hydrogen) atoms. The number of phenolic OH excluding ortho intramolecular Hbond substituents is 1. The zero-order valence-electron chi connectivity index (χ0n) is 13.1. The molecule has 0 amide bonds. The standard InChI is InChI=1S/C9H9N.C6H3N3O7/c1-2-4-9-7-10-6-5-8(9)3-1;10-6-4(8(13)14)1-3(7(11)12)2-5(6)9(15)16/h2,4-7H,1,3H2;1-2,10H. The maximum atomic E-state index is 10.4. The van der Waals surface area contributed by atoms with Crippen LogP contribution in [-0.2, 0) is 6.42 Å². The summed E-state index contributed by atoms with van der Waals surface area (Å²) in [7, 11) is 0. The Morgan fingerprint density at radius 2 is 1.62 bits per heavy atom. The van der Waals surface area contributed by atoms with Crippen LogP contribution in [0.1, 0.15) is 17.5 Å². The fourth-order valence-corrected chi connectivity index (χ4v) is 2.24. The van der Waals surface area contributed by atoms with Crippen LogP contribution in [0.2, 0.25) is 0 Å². The molecule has 1 aromatic heterocycles. The molecule has 3 rings (SSSR count). The summed E-state index contributed by atoms with van der Waals surface area (Å²) >= 11 is 0. The minimum absolute atomic E-state index is 0.447. The number of aryl methyl sites for hydroxylation is 1. The Morgan fingerprint density at radius 3 is 2.12 bits per heavy atom. The van der Waals surface area contributed by atoms with E-state index in [2.05, 4.69) is 23.2 Å². The van der Waals surface area contributed by atoms with Crippen LogP contribution in [0.25, 0.3) is 6.08 Å². The first-order valence-corrected chi connectivity index (χ1v) is 7.21. The number of aromatic nitrogens is 1. The topological polar surface area (TPSA) is 163 Å². The van der Waals surface area contributed by atoms with E-state index < -0.39 is 37.6 Å². The second-order valence-corrected chi connectivity index (χ2v) is 5.12. The highest BCUT2D eigenvalue weighted by Crippen LogP contribution is 2.38. The van der Waals surface area contributed by atoms with Gasteiger partial charge in [-0.05, 0) is 30.0 Å². The molecule has 0 spiro atoms. The number of hydrogen-bond acceptors (Lipinski definition) is 8. The van der Waals surface area contributed by atoms with Gasteiger partial charge in [-0.2, -0.15) is 0 Å². The van der Waals surface area contributed by atoms with Crippen molar-refractivity contribution in [1.82, 2.24) is 4.98 Å². The first-order valence-electron chi connectivity index (χ1n) is 7.21. The van der Waals surface area contributed by atoms with Gasteiger partial charge in [0.2, 0.25) is 0 Å². The van der Waals surface area contributed by atoms with Crippen molar-refractivity contribution in [3.05, 3.63) is 78.1 Å². The minimum atomic E-state index is -1.21. The van der Waals surface area contributed by atoms with Gasteiger partial charge in [0.1, 0.15) is 0 Å². The van der Waals surface area contributed by atoms with E-state index in [-0.39, 0.29) is 0 Å². The number of fused-ring (bicyclic) bond motifs is 1. The van der Waals surface area contributed by atoms with Crippen molar-refractivity contribution in [2.24, 2.45) is 0 Å². The Bertz CT molecular complexity index is 876. The number of nitrogens with zero attached hydrogens (tertiary/aromatic N) is 4. The average molecular weight is 360 g/mol. The zero-order valence-corrected chi connectivity index (χ0v) is 13.1. The summed E-state index contributed by atoms with van der Waals surface area (Å²) in [4.78, 5) is 31.8. The Hall–Kier alpha value is -3.89. The van der Waals surface area contributed by atoms with Gasteiger partial charge >= 0.3 is 11.4 Å². The summed E-state index contributed by atoms with van der Waals surface area (Å²) in [5.74, 6) is -1.21. The molecular formula is C15H12N4O7. The number of nitro benzene ring substituents is 3. The first-order chi connectivity index (χ1) is 12.3. The molecule has 1 aliphatic carbocycles. The minimum Gasteiger partial charge on any atom is -0.497 e. The van der Waals surface area contributed by atoms with Crippen molar-refractivity contribution in [3.63, 3.8) is 0 Å². The fourth-order valence-electron chi connectivity index (χ4n) is 2.24. The summed E-state index contributed by atoms with van der Waals surface area (Å²) in [5, 5.41) is 40.2. The van der Waals surface area contributed by atoms with Gasteiger partial charge in [-0.1, -0.05) is 12.2 Å². The molecule has 0 atom stereocenters. The Labute approximate surface area is 145 Å². The summed E-state index contributed by atoms with van der Waals surface area (Å²) in [6.45, 7) is 0. The van der Waals surface area contributed by atoms with Crippen LogP contribution in [0.3, 0.4) is 0 Å². The van der Waals surface area contributed by atoms with Gasteiger partial charge in [0, 0.05) is 12.4 Å². The SMILES string of the molecule is C1=Cc2cnccc2CC1.O=[N+]([O-])c1cc([N+](=O)[O-])c(O)c([N+](=O)[O-])c1. The molecule has 0 aliphatic heterocycles. The molecule has 0 radical (unpaired) electrons. The first kappa shape index (κ1) is 18.4. The molecule has 2 aromatic rings. The third-order valence-corrected chi connectivity index (χ3v) is 3.48. The molecule has 1 N–H and O–H groups in total. The van der Waals surface area contributed by atoms with E-state index in [1.54, 1.807) is 0 Å². The van der Waals surface area contributed by atoms with E-state index in [0.717, 1.165) is 0 Å². The zero-order chi connectivity index (χ0) is 19.3. The van der Waals surface area contributed by atoms with E-state index in [4.69, 9.17) is 5.11 Å². The van der Waals surface area contributed by atoms with E-state index in [0.29, 0.717) is 12.1 Å². The quantitative estimate of drug-likeness (QED) is 0.644. The third kappa shape index (κ3) is 4.14. The van der Waals surface area contributed by atoms with Crippen molar-refractivity contribution in [2.45, 2.75) is 12.8 Å². The van der Waals surface area contributed by atoms with E-state index in [9.17, 15) is 30.3 Å². The van der Waals surface area contributed by atoms with Crippen molar-refractivity contribution in [3.8, 4) is 5.75 Å². The van der Waals surface area contributed by atoms with Gasteiger partial charge in [0.15, 0.2) is 0 Å². The predicted octanol–water partition coefficient (Wildman–Crippen LogP) is 3.16. The number of rotatable bonds is 3. The molecule has 0 unspecified atom stereocenters. The number of phenols is 1. The monoisotopic (exact) mass is 360 g/mol.